The van der Waals surface area contributed by atoms with Crippen LogP contribution in [-0.2, 0) is 0 Å². The second-order valence-electron chi connectivity index (χ2n) is 9.16. The second-order valence-corrected chi connectivity index (χ2v) is 9.16. The van der Waals surface area contributed by atoms with Gasteiger partial charge in [0.05, 0.1) is 22.8 Å². The van der Waals surface area contributed by atoms with Crippen LogP contribution in [0, 0.1) is 6.92 Å². The van der Waals surface area contributed by atoms with Gasteiger partial charge in [-0.15, -0.1) is 5.10 Å². The van der Waals surface area contributed by atoms with E-state index >= 15 is 0 Å². The van der Waals surface area contributed by atoms with Crippen molar-refractivity contribution in [3.05, 3.63) is 60.0 Å². The molecular weight excluding hydrogens is 428 g/mol. The first-order valence-corrected chi connectivity index (χ1v) is 11.8. The number of hydrogen-bond donors (Lipinski definition) is 3. The van der Waals surface area contributed by atoms with Gasteiger partial charge < -0.3 is 20.6 Å². The molecule has 2 aliphatic heterocycles. The number of hydrogen-bond acceptors (Lipinski definition) is 8. The Hall–Kier alpha value is -3.56. The van der Waals surface area contributed by atoms with E-state index in [2.05, 4.69) is 30.7 Å². The van der Waals surface area contributed by atoms with E-state index < -0.39 is 6.10 Å². The number of rotatable bonds is 5. The van der Waals surface area contributed by atoms with Crippen LogP contribution < -0.4 is 15.5 Å². The third kappa shape index (κ3) is 3.66. The maximum atomic E-state index is 10.4. The lowest BCUT2D eigenvalue weighted by Gasteiger charge is -2.28. The number of nitrogens with zero attached hydrogens (tertiary/aromatic N) is 6. The highest BCUT2D eigenvalue weighted by molar-refractivity contribution is 5.82. The van der Waals surface area contributed by atoms with Gasteiger partial charge in [0.25, 0.3) is 0 Å². The number of imidazole rings is 1. The molecule has 6 rings (SSSR count). The molecule has 0 amide bonds. The molecule has 9 heteroatoms. The molecule has 0 aliphatic carbocycles. The number of aryl methyl sites for hydroxylation is 1. The summed E-state index contributed by atoms with van der Waals surface area (Å²) < 4.78 is 2.00. The summed E-state index contributed by atoms with van der Waals surface area (Å²) in [6.07, 6.45) is 3.43. The monoisotopic (exact) mass is 456 g/mol. The van der Waals surface area contributed by atoms with Crippen molar-refractivity contribution in [2.75, 3.05) is 23.3 Å². The number of aromatic nitrogens is 5. The topological polar surface area (TPSA) is 104 Å². The van der Waals surface area contributed by atoms with E-state index in [0.29, 0.717) is 17.9 Å². The largest absolute Gasteiger partial charge is 0.389 e. The number of aliphatic hydroxyl groups is 1. The summed E-state index contributed by atoms with van der Waals surface area (Å²) >= 11 is 0. The molecule has 0 radical (unpaired) electrons. The molecule has 0 saturated carbocycles. The molecule has 3 aromatic heterocycles. The number of pyridine rings is 1. The summed E-state index contributed by atoms with van der Waals surface area (Å²) in [5, 5.41) is 25.6. The average molecular weight is 457 g/mol. The number of benzene rings is 1. The number of aliphatic hydroxyl groups excluding tert-OH is 1. The molecule has 3 unspecified atom stereocenters. The van der Waals surface area contributed by atoms with Crippen molar-refractivity contribution in [1.82, 2.24) is 30.0 Å². The smallest absolute Gasteiger partial charge is 0.153 e. The predicted octanol–water partition coefficient (Wildman–Crippen LogP) is 3.26. The highest BCUT2D eigenvalue weighted by atomic mass is 16.3. The standard InChI is InChI=1S/C25H28N8O/c1-15-3-7-23(31-30-15)28-17-4-6-21-20(13-17)27-14-33(21)24-8-5-18(16(2)34)25(29-24)32-12-10-19-22(32)9-11-26-19/h3-8,13-14,16,19,22,26,34H,9-12H2,1-2H3,(H,28,31). The van der Waals surface area contributed by atoms with Crippen LogP contribution in [0.3, 0.4) is 0 Å². The van der Waals surface area contributed by atoms with Crippen molar-refractivity contribution >= 4 is 28.4 Å². The lowest BCUT2D eigenvalue weighted by molar-refractivity contribution is 0.199. The van der Waals surface area contributed by atoms with Crippen molar-refractivity contribution in [2.45, 2.75) is 44.9 Å². The lowest BCUT2D eigenvalue weighted by Crippen LogP contribution is -2.35. The van der Waals surface area contributed by atoms with Crippen molar-refractivity contribution in [1.29, 1.82) is 0 Å². The van der Waals surface area contributed by atoms with Crippen LogP contribution in [0.15, 0.2) is 48.8 Å². The van der Waals surface area contributed by atoms with Crippen LogP contribution in [0.1, 0.15) is 37.1 Å². The summed E-state index contributed by atoms with van der Waals surface area (Å²) in [6, 6.07) is 14.7. The predicted molar refractivity (Wildman–Crippen MR) is 132 cm³/mol. The van der Waals surface area contributed by atoms with E-state index in [9.17, 15) is 5.11 Å². The van der Waals surface area contributed by atoms with E-state index in [0.717, 1.165) is 65.5 Å². The molecule has 3 N–H and O–H groups in total. The first-order valence-electron chi connectivity index (χ1n) is 11.8. The van der Waals surface area contributed by atoms with Gasteiger partial charge >= 0.3 is 0 Å². The lowest BCUT2D eigenvalue weighted by atomic mass is 10.1. The maximum Gasteiger partial charge on any atom is 0.153 e. The second kappa shape index (κ2) is 8.34. The Kier molecular flexibility index (Phi) is 5.15. The van der Waals surface area contributed by atoms with E-state index in [-0.39, 0.29) is 0 Å². The minimum Gasteiger partial charge on any atom is -0.389 e. The molecule has 174 valence electrons. The molecule has 5 heterocycles. The molecule has 9 nitrogen and oxygen atoms in total. The van der Waals surface area contributed by atoms with Gasteiger partial charge in [0, 0.05) is 29.9 Å². The van der Waals surface area contributed by atoms with Crippen LogP contribution in [0.2, 0.25) is 0 Å². The summed E-state index contributed by atoms with van der Waals surface area (Å²) in [6.45, 7) is 5.70. The fourth-order valence-electron chi connectivity index (χ4n) is 5.15. The van der Waals surface area contributed by atoms with Crippen LogP contribution in [0.4, 0.5) is 17.3 Å². The Morgan fingerprint density at radius 3 is 2.85 bits per heavy atom. The summed E-state index contributed by atoms with van der Waals surface area (Å²) in [5.41, 5.74) is 4.46. The Labute approximate surface area is 197 Å². The number of fused-ring (bicyclic) bond motifs is 2. The Morgan fingerprint density at radius 1 is 1.12 bits per heavy atom. The highest BCUT2D eigenvalue weighted by Gasteiger charge is 2.39. The SMILES string of the molecule is Cc1ccc(Nc2ccc3c(c2)ncn3-c2ccc(C(C)O)c(N3CCC4NCCC43)n2)nn1. The number of nitrogens with one attached hydrogen (secondary N) is 2. The van der Waals surface area contributed by atoms with E-state index in [4.69, 9.17) is 4.98 Å². The van der Waals surface area contributed by atoms with Crippen molar-refractivity contribution < 1.29 is 5.11 Å². The van der Waals surface area contributed by atoms with Gasteiger partial charge in [-0.1, -0.05) is 0 Å². The first-order chi connectivity index (χ1) is 16.6. The summed E-state index contributed by atoms with van der Waals surface area (Å²) in [7, 11) is 0. The third-order valence-electron chi connectivity index (χ3n) is 6.87. The molecule has 2 aliphatic rings. The van der Waals surface area contributed by atoms with Gasteiger partial charge in [0.1, 0.15) is 18.0 Å². The van der Waals surface area contributed by atoms with Gasteiger partial charge in [-0.2, -0.15) is 5.10 Å². The highest BCUT2D eigenvalue weighted by Crippen LogP contribution is 2.35. The molecule has 4 aromatic rings. The number of anilines is 3. The summed E-state index contributed by atoms with van der Waals surface area (Å²) in [5.74, 6) is 2.36. The molecule has 0 bridgehead atoms. The van der Waals surface area contributed by atoms with Gasteiger partial charge in [0.2, 0.25) is 0 Å². The fourth-order valence-corrected chi connectivity index (χ4v) is 5.15. The zero-order valence-electron chi connectivity index (χ0n) is 19.3. The Bertz CT molecular complexity index is 1330. The van der Waals surface area contributed by atoms with Gasteiger partial charge in [-0.3, -0.25) is 4.57 Å². The van der Waals surface area contributed by atoms with E-state index in [1.54, 1.807) is 13.3 Å². The van der Waals surface area contributed by atoms with Crippen LogP contribution in [-0.4, -0.2) is 55.0 Å². The van der Waals surface area contributed by atoms with Crippen molar-refractivity contribution in [2.24, 2.45) is 0 Å². The van der Waals surface area contributed by atoms with Gasteiger partial charge in [-0.25, -0.2) is 9.97 Å². The molecular formula is C25H28N8O. The van der Waals surface area contributed by atoms with Crippen LogP contribution in [0.25, 0.3) is 16.9 Å². The van der Waals surface area contributed by atoms with Crippen molar-refractivity contribution in [3.63, 3.8) is 0 Å². The minimum absolute atomic E-state index is 0.429. The average Bonchev–Trinajstić information content (AvgIpc) is 3.56. The molecule has 2 saturated heterocycles. The normalized spacial score (nSPS) is 20.6. The fraction of sp³-hybridized carbons (Fsp3) is 0.360. The molecule has 2 fully saturated rings. The van der Waals surface area contributed by atoms with E-state index in [1.807, 2.05) is 54.0 Å². The van der Waals surface area contributed by atoms with Crippen LogP contribution in [0.5, 0.6) is 0 Å². The Balaban J connectivity index is 1.34. The first kappa shape index (κ1) is 21.0. The zero-order valence-corrected chi connectivity index (χ0v) is 19.3. The maximum absolute atomic E-state index is 10.4. The van der Waals surface area contributed by atoms with Crippen molar-refractivity contribution in [3.8, 4) is 5.82 Å². The van der Waals surface area contributed by atoms with Crippen LogP contribution >= 0.6 is 0 Å². The minimum atomic E-state index is -0.581. The molecule has 34 heavy (non-hydrogen) atoms. The zero-order chi connectivity index (χ0) is 23.2. The molecule has 3 atom stereocenters. The molecule has 0 spiro atoms. The quantitative estimate of drug-likeness (QED) is 0.420. The third-order valence-corrected chi connectivity index (χ3v) is 6.87. The summed E-state index contributed by atoms with van der Waals surface area (Å²) in [4.78, 5) is 12.1. The van der Waals surface area contributed by atoms with E-state index in [1.165, 1.54) is 0 Å². The van der Waals surface area contributed by atoms with Gasteiger partial charge in [0.15, 0.2) is 5.82 Å². The van der Waals surface area contributed by atoms with Gasteiger partial charge in [-0.05, 0) is 75.7 Å². The Morgan fingerprint density at radius 2 is 2.03 bits per heavy atom. The molecule has 1 aromatic carbocycles.